The number of carbonyl (C=O) groups is 2. The van der Waals surface area contributed by atoms with Crippen molar-refractivity contribution in [3.8, 4) is 5.75 Å². The Bertz CT molecular complexity index is 932. The molecule has 0 N–H and O–H groups in total. The van der Waals surface area contributed by atoms with Crippen LogP contribution in [0.25, 0.3) is 0 Å². The van der Waals surface area contributed by atoms with Crippen molar-refractivity contribution < 1.29 is 23.1 Å². The summed E-state index contributed by atoms with van der Waals surface area (Å²) in [4.78, 5) is 26.2. The number of benzene rings is 2. The Morgan fingerprint density at radius 3 is 2.31 bits per heavy atom. The van der Waals surface area contributed by atoms with Gasteiger partial charge in [-0.15, -0.1) is 0 Å². The average Bonchev–Trinajstić information content (AvgIpc) is 3.18. The topological polar surface area (TPSA) is 74.6 Å². The molecular formula is C17H12F2N4O3. The highest BCUT2D eigenvalue weighted by molar-refractivity contribution is 6.26. The van der Waals surface area contributed by atoms with Crippen LogP contribution in [0.4, 0.5) is 20.2 Å². The molecule has 0 spiro atoms. The Kier molecular flexibility index (Phi) is 3.64. The largest absolute Gasteiger partial charge is 0.497 e. The lowest BCUT2D eigenvalue weighted by atomic mass is 10.1. The van der Waals surface area contributed by atoms with Gasteiger partial charge in [-0.25, -0.2) is 18.7 Å². The molecule has 26 heavy (non-hydrogen) atoms. The molecule has 2 atom stereocenters. The van der Waals surface area contributed by atoms with Gasteiger partial charge in [0.25, 0.3) is 11.8 Å². The summed E-state index contributed by atoms with van der Waals surface area (Å²) in [6.45, 7) is 0. The molecule has 2 aliphatic rings. The van der Waals surface area contributed by atoms with Gasteiger partial charge < -0.3 is 4.74 Å². The van der Waals surface area contributed by atoms with Crippen LogP contribution in [0.15, 0.2) is 52.8 Å². The highest BCUT2D eigenvalue weighted by Gasteiger charge is 2.55. The number of imide groups is 1. The van der Waals surface area contributed by atoms with E-state index in [9.17, 15) is 18.4 Å². The van der Waals surface area contributed by atoms with E-state index in [2.05, 4.69) is 10.3 Å². The van der Waals surface area contributed by atoms with Crippen LogP contribution in [0.5, 0.6) is 5.75 Å². The Hall–Kier alpha value is -3.36. The Labute approximate surface area is 146 Å². The fraction of sp³-hybridized carbons (Fsp3) is 0.176. The highest BCUT2D eigenvalue weighted by atomic mass is 19.2. The second kappa shape index (κ2) is 5.87. The zero-order valence-electron chi connectivity index (χ0n) is 13.5. The van der Waals surface area contributed by atoms with Crippen molar-refractivity contribution in [3.05, 3.63) is 54.1 Å². The van der Waals surface area contributed by atoms with Crippen LogP contribution in [-0.4, -0.2) is 31.0 Å². The lowest BCUT2D eigenvalue weighted by molar-refractivity contribution is -0.121. The maximum absolute atomic E-state index is 13.5. The zero-order chi connectivity index (χ0) is 18.4. The summed E-state index contributed by atoms with van der Waals surface area (Å²) in [7, 11) is 1.53. The number of ether oxygens (including phenoxy) is 1. The molecule has 2 heterocycles. The smallest absolute Gasteiger partial charge is 0.263 e. The summed E-state index contributed by atoms with van der Waals surface area (Å²) in [5, 5.41) is 9.14. The lowest BCUT2D eigenvalue weighted by Crippen LogP contribution is -2.39. The number of fused-ring (bicyclic) bond motifs is 1. The number of nitrogens with zero attached hydrogens (tertiary/aromatic N) is 4. The SMILES string of the molecule is COc1ccc(N2N=N[C@H]3C(=O)N(c4ccc(F)c(F)c4)C(=O)[C@@H]32)cc1. The molecule has 0 saturated carbocycles. The van der Waals surface area contributed by atoms with Gasteiger partial charge in [0.05, 0.1) is 18.5 Å². The molecule has 2 amide bonds. The second-order valence-corrected chi connectivity index (χ2v) is 5.75. The van der Waals surface area contributed by atoms with E-state index in [0.29, 0.717) is 11.4 Å². The predicted octanol–water partition coefficient (Wildman–Crippen LogP) is 2.47. The molecule has 1 saturated heterocycles. The average molecular weight is 358 g/mol. The molecule has 2 aromatic rings. The summed E-state index contributed by atoms with van der Waals surface area (Å²) >= 11 is 0. The van der Waals surface area contributed by atoms with Crippen LogP contribution in [0.3, 0.4) is 0 Å². The fourth-order valence-corrected chi connectivity index (χ4v) is 2.99. The molecule has 9 heteroatoms. The molecule has 1 fully saturated rings. The van der Waals surface area contributed by atoms with Gasteiger partial charge >= 0.3 is 0 Å². The maximum Gasteiger partial charge on any atom is 0.263 e. The molecule has 2 aromatic carbocycles. The Morgan fingerprint density at radius 2 is 1.65 bits per heavy atom. The van der Waals surface area contributed by atoms with Crippen molar-refractivity contribution in [1.82, 2.24) is 0 Å². The standard InChI is InChI=1S/C17H12F2N4O3/c1-26-11-5-2-9(3-6-11)23-15-14(20-21-23)16(24)22(17(15)25)10-4-7-12(18)13(19)8-10/h2-8,14-15H,1H3/t14-,15-/m1/s1. The maximum atomic E-state index is 13.5. The number of hydrogen-bond acceptors (Lipinski definition) is 6. The van der Waals surface area contributed by atoms with E-state index < -0.39 is 35.5 Å². The third-order valence-electron chi connectivity index (χ3n) is 4.28. The van der Waals surface area contributed by atoms with Gasteiger partial charge in [0.15, 0.2) is 23.7 Å². The van der Waals surface area contributed by atoms with Crippen molar-refractivity contribution >= 4 is 23.2 Å². The van der Waals surface area contributed by atoms with E-state index >= 15 is 0 Å². The molecule has 7 nitrogen and oxygen atoms in total. The van der Waals surface area contributed by atoms with E-state index in [1.54, 1.807) is 24.3 Å². The van der Waals surface area contributed by atoms with E-state index in [-0.39, 0.29) is 5.69 Å². The number of anilines is 2. The minimum atomic E-state index is -1.14. The third-order valence-corrected chi connectivity index (χ3v) is 4.28. The van der Waals surface area contributed by atoms with Crippen molar-refractivity contribution in [2.24, 2.45) is 10.3 Å². The molecule has 0 aliphatic carbocycles. The second-order valence-electron chi connectivity index (χ2n) is 5.75. The zero-order valence-corrected chi connectivity index (χ0v) is 13.5. The number of carbonyl (C=O) groups excluding carboxylic acids is 2. The molecule has 0 aromatic heterocycles. The van der Waals surface area contributed by atoms with Gasteiger partial charge in [0.1, 0.15) is 5.75 Å². The summed E-state index contributed by atoms with van der Waals surface area (Å²) in [6.07, 6.45) is 0. The van der Waals surface area contributed by atoms with Gasteiger partial charge in [-0.3, -0.25) is 9.59 Å². The first-order valence-corrected chi connectivity index (χ1v) is 7.68. The summed E-state index contributed by atoms with van der Waals surface area (Å²) in [5.41, 5.74) is 0.508. The van der Waals surface area contributed by atoms with Gasteiger partial charge in [-0.05, 0) is 36.4 Å². The number of methoxy groups -OCH3 is 1. The van der Waals surface area contributed by atoms with E-state index in [0.717, 1.165) is 17.0 Å². The van der Waals surface area contributed by atoms with Crippen LogP contribution in [0.2, 0.25) is 0 Å². The normalized spacial score (nSPS) is 21.5. The minimum Gasteiger partial charge on any atom is -0.497 e. The van der Waals surface area contributed by atoms with E-state index in [1.807, 2.05) is 0 Å². The van der Waals surface area contributed by atoms with Crippen molar-refractivity contribution in [3.63, 3.8) is 0 Å². The highest BCUT2D eigenvalue weighted by Crippen LogP contribution is 2.35. The van der Waals surface area contributed by atoms with Crippen LogP contribution < -0.4 is 14.6 Å². The first-order valence-electron chi connectivity index (χ1n) is 7.68. The van der Waals surface area contributed by atoms with Gasteiger partial charge in [-0.2, -0.15) is 5.11 Å². The molecular weight excluding hydrogens is 346 g/mol. The first kappa shape index (κ1) is 16.1. The monoisotopic (exact) mass is 358 g/mol. The van der Waals surface area contributed by atoms with Crippen LogP contribution >= 0.6 is 0 Å². The van der Waals surface area contributed by atoms with Gasteiger partial charge in [-0.1, -0.05) is 5.22 Å². The Balaban J connectivity index is 1.67. The van der Waals surface area contributed by atoms with Crippen LogP contribution in [-0.2, 0) is 9.59 Å². The van der Waals surface area contributed by atoms with E-state index in [4.69, 9.17) is 4.74 Å². The number of rotatable bonds is 3. The van der Waals surface area contributed by atoms with Gasteiger partial charge in [0, 0.05) is 6.07 Å². The predicted molar refractivity (Wildman–Crippen MR) is 86.8 cm³/mol. The first-order chi connectivity index (χ1) is 12.5. The number of amides is 2. The Morgan fingerprint density at radius 1 is 0.962 bits per heavy atom. The number of halogens is 2. The lowest BCUT2D eigenvalue weighted by Gasteiger charge is -2.20. The summed E-state index contributed by atoms with van der Waals surface area (Å²) < 4.78 is 31.7. The molecule has 4 rings (SSSR count). The van der Waals surface area contributed by atoms with Crippen molar-refractivity contribution in [2.75, 3.05) is 17.0 Å². The molecule has 0 radical (unpaired) electrons. The summed E-state index contributed by atoms with van der Waals surface area (Å²) in [5.74, 6) is -2.82. The molecule has 0 bridgehead atoms. The van der Waals surface area contributed by atoms with Crippen LogP contribution in [0.1, 0.15) is 0 Å². The molecule has 132 valence electrons. The summed E-state index contributed by atoms with van der Waals surface area (Å²) in [6, 6.07) is 7.57. The fourth-order valence-electron chi connectivity index (χ4n) is 2.99. The van der Waals surface area contributed by atoms with E-state index in [1.165, 1.54) is 18.2 Å². The number of hydrogen-bond donors (Lipinski definition) is 0. The minimum absolute atomic E-state index is 0.0434. The quantitative estimate of drug-likeness (QED) is 0.790. The molecule has 0 unspecified atom stereocenters. The van der Waals surface area contributed by atoms with Crippen molar-refractivity contribution in [2.45, 2.75) is 12.1 Å². The van der Waals surface area contributed by atoms with Crippen molar-refractivity contribution in [1.29, 1.82) is 0 Å². The third kappa shape index (κ3) is 2.32. The van der Waals surface area contributed by atoms with Gasteiger partial charge in [0.2, 0.25) is 0 Å². The van der Waals surface area contributed by atoms with Crippen LogP contribution in [0, 0.1) is 11.6 Å². The molecule has 2 aliphatic heterocycles.